The number of carbonyl (C=O) groups is 1. The Bertz CT molecular complexity index is 1080. The molecule has 17 heteroatoms. The van der Waals surface area contributed by atoms with Crippen LogP contribution in [-0.2, 0) is 18.6 Å². The van der Waals surface area contributed by atoms with Crippen molar-refractivity contribution in [1.29, 1.82) is 0 Å². The number of rotatable bonds is 8. The van der Waals surface area contributed by atoms with Crippen molar-refractivity contribution in [3.63, 3.8) is 0 Å². The number of hydrogen-bond donors (Lipinski definition) is 6. The second kappa shape index (κ2) is 8.94. The van der Waals surface area contributed by atoms with Crippen LogP contribution >= 0.6 is 30.3 Å². The summed E-state index contributed by atoms with van der Waals surface area (Å²) < 4.78 is 29.6. The molecular formula is C15H22IN6O9P. The van der Waals surface area contributed by atoms with Gasteiger partial charge in [0.05, 0.1) is 13.7 Å². The lowest BCUT2D eigenvalue weighted by molar-refractivity contribution is -0.138. The van der Waals surface area contributed by atoms with Gasteiger partial charge in [0.2, 0.25) is 11.8 Å². The molecule has 3 heterocycles. The summed E-state index contributed by atoms with van der Waals surface area (Å²) >= 11 is 1.87. The normalized spacial score (nSPS) is 28.5. The Morgan fingerprint density at radius 1 is 1.47 bits per heavy atom. The van der Waals surface area contributed by atoms with Gasteiger partial charge in [0.1, 0.15) is 23.9 Å². The van der Waals surface area contributed by atoms with E-state index in [0.29, 0.717) is 3.83 Å². The van der Waals surface area contributed by atoms with E-state index in [1.807, 2.05) is 27.7 Å². The average Bonchev–Trinajstić information content (AvgIpc) is 3.12. The minimum atomic E-state index is -4.55. The molecule has 1 aliphatic rings. The molecular weight excluding hydrogens is 566 g/mol. The lowest BCUT2D eigenvalue weighted by atomic mass is 9.96. The number of hydrogen-bond acceptors (Lipinski definition) is 11. The molecule has 2 unspecified atom stereocenters. The largest absolute Gasteiger partial charge is 0.480 e. The first-order chi connectivity index (χ1) is 14.8. The Kier molecular flexibility index (Phi) is 6.98. The van der Waals surface area contributed by atoms with Crippen LogP contribution in [0.1, 0.15) is 20.1 Å². The summed E-state index contributed by atoms with van der Waals surface area (Å²) in [5, 5.41) is 32.4. The van der Waals surface area contributed by atoms with Gasteiger partial charge in [-0.25, -0.2) is 14.6 Å². The fourth-order valence-corrected chi connectivity index (χ4v) is 4.90. The first kappa shape index (κ1) is 25.0. The number of imidazole rings is 1. The summed E-state index contributed by atoms with van der Waals surface area (Å²) in [6.45, 7) is 1.82. The van der Waals surface area contributed by atoms with Crippen LogP contribution in [0.25, 0.3) is 11.2 Å². The second-order valence-corrected chi connectivity index (χ2v) is 9.74. The van der Waals surface area contributed by atoms with Crippen molar-refractivity contribution in [1.82, 2.24) is 24.6 Å². The van der Waals surface area contributed by atoms with Crippen LogP contribution in [0.15, 0.2) is 0 Å². The lowest BCUT2D eigenvalue weighted by Crippen LogP contribution is -2.44. The van der Waals surface area contributed by atoms with E-state index >= 15 is 0 Å². The number of fused-ring (bicyclic) bond motifs is 1. The molecule has 0 aromatic carbocycles. The minimum absolute atomic E-state index is 0.0991. The molecule has 3 rings (SSSR count). The van der Waals surface area contributed by atoms with E-state index in [4.69, 9.17) is 24.8 Å². The molecule has 2 aromatic heterocycles. The Hall–Kier alpha value is -1.66. The number of aromatic nitrogens is 4. The van der Waals surface area contributed by atoms with Crippen molar-refractivity contribution in [2.75, 3.05) is 19.5 Å². The Morgan fingerprint density at radius 2 is 2.12 bits per heavy atom. The molecule has 15 nitrogen and oxygen atoms in total. The van der Waals surface area contributed by atoms with E-state index in [2.05, 4.69) is 15.0 Å². The molecule has 6 atom stereocenters. The van der Waals surface area contributed by atoms with E-state index in [1.165, 1.54) is 18.6 Å². The summed E-state index contributed by atoms with van der Waals surface area (Å²) in [4.78, 5) is 33.1. The molecule has 1 saturated heterocycles. The van der Waals surface area contributed by atoms with Gasteiger partial charge < -0.3 is 35.4 Å². The number of methoxy groups -OCH3 is 1. The Labute approximate surface area is 194 Å². The number of ether oxygens (including phenoxy) is 2. The number of aliphatic hydroxyl groups excluding tert-OH is 1. The van der Waals surface area contributed by atoms with Gasteiger partial charge in [-0.2, -0.15) is 9.97 Å². The maximum Gasteiger partial charge on any atom is 0.403 e. The van der Waals surface area contributed by atoms with Crippen LogP contribution in [0.4, 0.5) is 5.95 Å². The third kappa shape index (κ3) is 4.67. The lowest BCUT2D eigenvalue weighted by Gasteiger charge is -2.27. The van der Waals surface area contributed by atoms with Crippen LogP contribution in [0.2, 0.25) is 0 Å². The molecule has 0 saturated carbocycles. The molecule has 1 aliphatic heterocycles. The summed E-state index contributed by atoms with van der Waals surface area (Å²) in [6, 6.07) is -1.37. The van der Waals surface area contributed by atoms with E-state index in [1.54, 1.807) is 0 Å². The van der Waals surface area contributed by atoms with Crippen molar-refractivity contribution in [3.05, 3.63) is 3.83 Å². The maximum atomic E-state index is 12.1. The van der Waals surface area contributed by atoms with E-state index < -0.39 is 50.4 Å². The number of aliphatic carboxylic acids is 1. The van der Waals surface area contributed by atoms with Crippen LogP contribution in [0.3, 0.4) is 0 Å². The molecule has 1 fully saturated rings. The third-order valence-electron chi connectivity index (χ3n) is 4.81. The smallest absolute Gasteiger partial charge is 0.403 e. The molecule has 0 amide bonds. The van der Waals surface area contributed by atoms with Gasteiger partial charge in [-0.15, -0.1) is 0 Å². The number of aliphatic hydroxyl groups is 2. The second-order valence-electron chi connectivity index (χ2n) is 7.22. The number of anilines is 1. The van der Waals surface area contributed by atoms with Gasteiger partial charge in [-0.3, -0.25) is 13.9 Å². The zero-order chi connectivity index (χ0) is 24.0. The highest BCUT2D eigenvalue weighted by molar-refractivity contribution is 14.1. The molecule has 178 valence electrons. The predicted octanol–water partition coefficient (Wildman–Crippen LogP) is -0.789. The Morgan fingerprint density at radius 3 is 2.72 bits per heavy atom. The molecule has 0 radical (unpaired) electrons. The number of nitrogen functional groups attached to an aromatic ring is 1. The number of carboxylic acids is 1. The molecule has 2 aromatic rings. The zero-order valence-corrected chi connectivity index (χ0v) is 20.1. The Balaban J connectivity index is 1.88. The van der Waals surface area contributed by atoms with E-state index in [0.717, 1.165) is 6.92 Å². The van der Waals surface area contributed by atoms with E-state index in [9.17, 15) is 24.5 Å². The molecule has 0 bridgehead atoms. The van der Waals surface area contributed by atoms with Crippen molar-refractivity contribution in [2.24, 2.45) is 0 Å². The topological polar surface area (TPSA) is 224 Å². The highest BCUT2D eigenvalue weighted by atomic mass is 127. The molecule has 0 aliphatic carbocycles. The fraction of sp³-hybridized carbons (Fsp3) is 0.600. The van der Waals surface area contributed by atoms with Gasteiger partial charge in [-0.1, -0.05) is 0 Å². The highest BCUT2D eigenvalue weighted by Gasteiger charge is 2.54. The number of nitrogens with one attached hydrogen (secondary N) is 1. The first-order valence-corrected chi connectivity index (χ1v) is 11.7. The first-order valence-electron chi connectivity index (χ1n) is 9.07. The van der Waals surface area contributed by atoms with Gasteiger partial charge in [0, 0.05) is 22.6 Å². The highest BCUT2D eigenvalue weighted by Crippen LogP contribution is 2.44. The van der Waals surface area contributed by atoms with Crippen LogP contribution < -0.4 is 15.6 Å². The standard InChI is InChI=1S/C15H22IN6O9P/c1-5(11(24)25)21-32(27,28)30-4-6-8(23)15(2,26)12(31-6)22-9-7(18-13(22)16)10(29-3)20-14(17)19-9/h5-6,8,12,23,26H,4H2,1-3H3,(H,24,25)(H2,17,19,20)(H2,21,27,28)/t5-,6+,8+,12?,15+/m0/s1. The van der Waals surface area contributed by atoms with Crippen molar-refractivity contribution < 1.29 is 43.6 Å². The van der Waals surface area contributed by atoms with Gasteiger partial charge in [0.25, 0.3) is 0 Å². The van der Waals surface area contributed by atoms with Crippen molar-refractivity contribution in [2.45, 2.75) is 43.9 Å². The van der Waals surface area contributed by atoms with Gasteiger partial charge in [0.15, 0.2) is 21.2 Å². The maximum absolute atomic E-state index is 12.1. The predicted molar refractivity (Wildman–Crippen MR) is 116 cm³/mol. The zero-order valence-electron chi connectivity index (χ0n) is 17.0. The molecule has 7 N–H and O–H groups in total. The average molecular weight is 588 g/mol. The summed E-state index contributed by atoms with van der Waals surface area (Å²) in [5.74, 6) is -1.38. The van der Waals surface area contributed by atoms with Gasteiger partial charge in [-0.05, 0) is 13.8 Å². The molecule has 0 spiro atoms. The van der Waals surface area contributed by atoms with Crippen molar-refractivity contribution in [3.8, 4) is 5.88 Å². The number of carboxylic acid groups (broad SMARTS) is 1. The summed E-state index contributed by atoms with van der Waals surface area (Å²) in [6.07, 6.45) is -4.06. The number of nitrogens with two attached hydrogens (primary N) is 1. The minimum Gasteiger partial charge on any atom is -0.480 e. The fourth-order valence-electron chi connectivity index (χ4n) is 3.15. The SMILES string of the molecule is COc1nc(N)nc2c1nc(I)n2C1O[C@H](COP(=O)(O)N[C@@H](C)C(=O)O)[C@@H](O)[C@@]1(C)O. The van der Waals surface area contributed by atoms with Crippen LogP contribution in [-0.4, -0.2) is 83.3 Å². The number of halogens is 1. The van der Waals surface area contributed by atoms with Crippen molar-refractivity contribution >= 4 is 53.4 Å². The van der Waals surface area contributed by atoms with Crippen LogP contribution in [0, 0.1) is 3.83 Å². The van der Waals surface area contributed by atoms with Gasteiger partial charge >= 0.3 is 13.7 Å². The number of nitrogens with zero attached hydrogens (tertiary/aromatic N) is 4. The third-order valence-corrected chi connectivity index (χ3v) is 6.78. The van der Waals surface area contributed by atoms with Crippen LogP contribution in [0.5, 0.6) is 5.88 Å². The quantitative estimate of drug-likeness (QED) is 0.126. The summed E-state index contributed by atoms with van der Waals surface area (Å²) in [7, 11) is -3.17. The summed E-state index contributed by atoms with van der Waals surface area (Å²) in [5.41, 5.74) is 4.23. The molecule has 32 heavy (non-hydrogen) atoms. The monoisotopic (exact) mass is 588 g/mol. The van der Waals surface area contributed by atoms with E-state index in [-0.39, 0.29) is 23.0 Å².